The van der Waals surface area contributed by atoms with Crippen molar-refractivity contribution in [2.45, 2.75) is 43.5 Å². The van der Waals surface area contributed by atoms with Crippen molar-refractivity contribution in [1.82, 2.24) is 4.31 Å². The standard InChI is InChI=1S/C15H23ClN2O2S/c1-2-18(14-9-5-3-7-12(14)11-17)21(19,20)15-10-6-4-8-13(15)16/h4,6,8,10,12,14H,2-3,5,7,9,11,17H2,1H3. The van der Waals surface area contributed by atoms with Gasteiger partial charge in [-0.25, -0.2) is 8.42 Å². The second-order valence-electron chi connectivity index (χ2n) is 5.49. The lowest BCUT2D eigenvalue weighted by molar-refractivity contribution is 0.187. The predicted molar refractivity (Wildman–Crippen MR) is 85.8 cm³/mol. The van der Waals surface area contributed by atoms with Gasteiger partial charge in [-0.05, 0) is 37.4 Å². The van der Waals surface area contributed by atoms with E-state index in [4.69, 9.17) is 17.3 Å². The Hall–Kier alpha value is -0.620. The molecule has 0 heterocycles. The number of sulfonamides is 1. The summed E-state index contributed by atoms with van der Waals surface area (Å²) in [6.45, 7) is 2.84. The summed E-state index contributed by atoms with van der Waals surface area (Å²) in [4.78, 5) is 0.190. The highest BCUT2D eigenvalue weighted by Gasteiger charge is 2.36. The second-order valence-corrected chi connectivity index (χ2v) is 7.75. The predicted octanol–water partition coefficient (Wildman–Crippen LogP) is 2.87. The van der Waals surface area contributed by atoms with Crippen LogP contribution in [0.1, 0.15) is 32.6 Å². The Balaban J connectivity index is 2.38. The Morgan fingerprint density at radius 2 is 1.95 bits per heavy atom. The molecule has 0 saturated heterocycles. The van der Waals surface area contributed by atoms with E-state index in [2.05, 4.69) is 0 Å². The monoisotopic (exact) mass is 330 g/mol. The van der Waals surface area contributed by atoms with Crippen LogP contribution in [0.15, 0.2) is 29.2 Å². The molecule has 2 atom stereocenters. The summed E-state index contributed by atoms with van der Waals surface area (Å²) in [6, 6.07) is 6.61. The topological polar surface area (TPSA) is 63.4 Å². The Bertz CT molecular complexity index is 577. The molecule has 1 saturated carbocycles. The van der Waals surface area contributed by atoms with Gasteiger partial charge in [-0.3, -0.25) is 0 Å². The number of benzene rings is 1. The molecule has 6 heteroatoms. The number of rotatable bonds is 5. The van der Waals surface area contributed by atoms with Crippen molar-refractivity contribution in [2.75, 3.05) is 13.1 Å². The molecule has 1 aliphatic rings. The third kappa shape index (κ3) is 3.42. The average Bonchev–Trinajstić information content (AvgIpc) is 2.48. The summed E-state index contributed by atoms with van der Waals surface area (Å²) in [7, 11) is -3.58. The van der Waals surface area contributed by atoms with Crippen LogP contribution in [0.2, 0.25) is 5.02 Å². The minimum absolute atomic E-state index is 0.0185. The molecule has 0 spiro atoms. The van der Waals surface area contributed by atoms with Gasteiger partial charge in [-0.2, -0.15) is 4.31 Å². The molecule has 0 amide bonds. The summed E-state index contributed by atoms with van der Waals surface area (Å²) >= 11 is 6.09. The molecule has 2 unspecified atom stereocenters. The zero-order chi connectivity index (χ0) is 15.5. The molecule has 118 valence electrons. The van der Waals surface area contributed by atoms with Gasteiger partial charge in [0.15, 0.2) is 0 Å². The molecule has 4 nitrogen and oxygen atoms in total. The molecule has 0 aliphatic heterocycles. The number of nitrogens with two attached hydrogens (primary N) is 1. The lowest BCUT2D eigenvalue weighted by Gasteiger charge is -2.38. The van der Waals surface area contributed by atoms with Crippen LogP contribution in [-0.2, 0) is 10.0 Å². The van der Waals surface area contributed by atoms with Crippen LogP contribution in [0.25, 0.3) is 0 Å². The van der Waals surface area contributed by atoms with Crippen LogP contribution >= 0.6 is 11.6 Å². The first-order valence-electron chi connectivity index (χ1n) is 7.48. The first kappa shape index (κ1) is 16.7. The van der Waals surface area contributed by atoms with Gasteiger partial charge in [0.05, 0.1) is 5.02 Å². The van der Waals surface area contributed by atoms with Gasteiger partial charge < -0.3 is 5.73 Å². The maximum absolute atomic E-state index is 12.9. The fourth-order valence-electron chi connectivity index (χ4n) is 3.21. The molecule has 2 rings (SSSR count). The van der Waals surface area contributed by atoms with E-state index in [-0.39, 0.29) is 21.9 Å². The molecule has 21 heavy (non-hydrogen) atoms. The summed E-state index contributed by atoms with van der Waals surface area (Å²) < 4.78 is 27.5. The van der Waals surface area contributed by atoms with Crippen LogP contribution < -0.4 is 5.73 Å². The Morgan fingerprint density at radius 3 is 2.57 bits per heavy atom. The zero-order valence-electron chi connectivity index (χ0n) is 12.3. The van der Waals surface area contributed by atoms with Crippen molar-refractivity contribution < 1.29 is 8.42 Å². The summed E-state index contributed by atoms with van der Waals surface area (Å²) in [5.74, 6) is 0.232. The van der Waals surface area contributed by atoms with Crippen LogP contribution in [0.5, 0.6) is 0 Å². The van der Waals surface area contributed by atoms with Gasteiger partial charge in [-0.15, -0.1) is 0 Å². The molecule has 0 bridgehead atoms. The lowest BCUT2D eigenvalue weighted by Crippen LogP contribution is -2.47. The van der Waals surface area contributed by atoms with E-state index in [9.17, 15) is 8.42 Å². The largest absolute Gasteiger partial charge is 0.330 e. The average molecular weight is 331 g/mol. The third-order valence-electron chi connectivity index (χ3n) is 4.28. The molecule has 0 radical (unpaired) electrons. The molecule has 1 fully saturated rings. The smallest absolute Gasteiger partial charge is 0.244 e. The SMILES string of the molecule is CCN(C1CCCCC1CN)S(=O)(=O)c1ccccc1Cl. The van der Waals surface area contributed by atoms with Crippen LogP contribution in [0, 0.1) is 5.92 Å². The van der Waals surface area contributed by atoms with Crippen molar-refractivity contribution in [1.29, 1.82) is 0 Å². The van der Waals surface area contributed by atoms with E-state index in [1.165, 1.54) is 0 Å². The van der Waals surface area contributed by atoms with Crippen LogP contribution in [-0.4, -0.2) is 31.9 Å². The van der Waals surface area contributed by atoms with Gasteiger partial charge in [0.25, 0.3) is 0 Å². The van der Waals surface area contributed by atoms with Gasteiger partial charge in [-0.1, -0.05) is 43.5 Å². The number of halogens is 1. The molecule has 1 aromatic rings. The van der Waals surface area contributed by atoms with Gasteiger partial charge >= 0.3 is 0 Å². The fourth-order valence-corrected chi connectivity index (χ4v) is 5.42. The molecule has 1 aliphatic carbocycles. The lowest BCUT2D eigenvalue weighted by atomic mass is 9.84. The van der Waals surface area contributed by atoms with E-state index in [0.717, 1.165) is 25.7 Å². The van der Waals surface area contributed by atoms with E-state index in [1.54, 1.807) is 28.6 Å². The first-order chi connectivity index (χ1) is 10.0. The van der Waals surface area contributed by atoms with Gasteiger partial charge in [0, 0.05) is 12.6 Å². The quantitative estimate of drug-likeness (QED) is 0.902. The van der Waals surface area contributed by atoms with E-state index in [1.807, 2.05) is 6.92 Å². The van der Waals surface area contributed by atoms with Crippen LogP contribution in [0.3, 0.4) is 0 Å². The van der Waals surface area contributed by atoms with Crippen molar-refractivity contribution in [3.8, 4) is 0 Å². The highest BCUT2D eigenvalue weighted by molar-refractivity contribution is 7.89. The summed E-state index contributed by atoms with van der Waals surface area (Å²) in [5, 5.41) is 0.274. The fraction of sp³-hybridized carbons (Fsp3) is 0.600. The highest BCUT2D eigenvalue weighted by Crippen LogP contribution is 2.33. The number of nitrogens with zero attached hydrogens (tertiary/aromatic N) is 1. The Morgan fingerprint density at radius 1 is 1.29 bits per heavy atom. The highest BCUT2D eigenvalue weighted by atomic mass is 35.5. The van der Waals surface area contributed by atoms with Crippen LogP contribution in [0.4, 0.5) is 0 Å². The normalized spacial score (nSPS) is 23.4. The van der Waals surface area contributed by atoms with E-state index in [0.29, 0.717) is 13.1 Å². The number of hydrogen-bond acceptors (Lipinski definition) is 3. The minimum atomic E-state index is -3.58. The Kier molecular flexibility index (Phi) is 5.66. The third-order valence-corrected chi connectivity index (χ3v) is 6.78. The maximum atomic E-state index is 12.9. The minimum Gasteiger partial charge on any atom is -0.330 e. The maximum Gasteiger partial charge on any atom is 0.244 e. The molecule has 1 aromatic carbocycles. The summed E-state index contributed by atoms with van der Waals surface area (Å²) in [5.41, 5.74) is 5.85. The molecular weight excluding hydrogens is 308 g/mol. The Labute approximate surface area is 132 Å². The second kappa shape index (κ2) is 7.09. The van der Waals surface area contributed by atoms with E-state index >= 15 is 0 Å². The van der Waals surface area contributed by atoms with Crippen molar-refractivity contribution in [2.24, 2.45) is 11.7 Å². The summed E-state index contributed by atoms with van der Waals surface area (Å²) in [6.07, 6.45) is 4.05. The molecular formula is C15H23ClN2O2S. The first-order valence-corrected chi connectivity index (χ1v) is 9.30. The van der Waals surface area contributed by atoms with Crippen molar-refractivity contribution in [3.05, 3.63) is 29.3 Å². The van der Waals surface area contributed by atoms with Crippen molar-refractivity contribution in [3.63, 3.8) is 0 Å². The van der Waals surface area contributed by atoms with Crippen molar-refractivity contribution >= 4 is 21.6 Å². The van der Waals surface area contributed by atoms with Gasteiger partial charge in [0.2, 0.25) is 10.0 Å². The van der Waals surface area contributed by atoms with Gasteiger partial charge in [0.1, 0.15) is 4.90 Å². The van der Waals surface area contributed by atoms with E-state index < -0.39 is 10.0 Å². The zero-order valence-corrected chi connectivity index (χ0v) is 13.9. The number of hydrogen-bond donors (Lipinski definition) is 1. The molecule has 0 aromatic heterocycles. The molecule has 2 N–H and O–H groups in total.